The van der Waals surface area contributed by atoms with Crippen molar-refractivity contribution in [1.82, 2.24) is 5.43 Å². The predicted octanol–water partition coefficient (Wildman–Crippen LogP) is 3.15. The number of benzene rings is 2. The van der Waals surface area contributed by atoms with Crippen LogP contribution in [0.25, 0.3) is 0 Å². The molecule has 0 aliphatic carbocycles. The second-order valence-corrected chi connectivity index (χ2v) is 5.45. The maximum Gasteiger partial charge on any atom is 0.277 e. The number of aryl methyl sites for hydroxylation is 1. The lowest BCUT2D eigenvalue weighted by molar-refractivity contribution is -0.123. The Hall–Kier alpha value is -2.82. The van der Waals surface area contributed by atoms with Crippen molar-refractivity contribution in [3.05, 3.63) is 58.7 Å². The van der Waals surface area contributed by atoms with Crippen LogP contribution in [0.5, 0.6) is 11.5 Å². The zero-order chi connectivity index (χ0) is 17.5. The Bertz CT molecular complexity index is 754. The van der Waals surface area contributed by atoms with Gasteiger partial charge >= 0.3 is 0 Å². The van der Waals surface area contributed by atoms with Crippen molar-refractivity contribution in [3.8, 4) is 11.5 Å². The number of rotatable bonds is 6. The first-order chi connectivity index (χ1) is 11.5. The Morgan fingerprint density at radius 1 is 1.08 bits per heavy atom. The molecule has 0 saturated heterocycles. The van der Waals surface area contributed by atoms with E-state index in [2.05, 4.69) is 10.5 Å². The molecule has 24 heavy (non-hydrogen) atoms. The normalized spacial score (nSPS) is 10.7. The van der Waals surface area contributed by atoms with Crippen LogP contribution < -0.4 is 14.9 Å². The van der Waals surface area contributed by atoms with Gasteiger partial charge in [0.05, 0.1) is 13.3 Å². The van der Waals surface area contributed by atoms with E-state index < -0.39 is 0 Å². The van der Waals surface area contributed by atoms with Crippen LogP contribution in [-0.4, -0.2) is 25.8 Å². The average Bonchev–Trinajstić information content (AvgIpc) is 2.58. The maximum absolute atomic E-state index is 11.8. The van der Waals surface area contributed by atoms with E-state index in [1.165, 1.54) is 0 Å². The average molecular weight is 326 g/mol. The Labute approximate surface area is 142 Å². The molecule has 126 valence electrons. The number of nitrogens with zero attached hydrogens (tertiary/aromatic N) is 1. The van der Waals surface area contributed by atoms with Gasteiger partial charge in [0.2, 0.25) is 0 Å². The fourth-order valence-corrected chi connectivity index (χ4v) is 2.25. The van der Waals surface area contributed by atoms with Gasteiger partial charge in [-0.1, -0.05) is 18.2 Å². The van der Waals surface area contributed by atoms with E-state index in [0.29, 0.717) is 5.75 Å². The van der Waals surface area contributed by atoms with Crippen LogP contribution in [0.15, 0.2) is 41.5 Å². The van der Waals surface area contributed by atoms with Gasteiger partial charge in [-0.2, -0.15) is 5.10 Å². The van der Waals surface area contributed by atoms with Crippen LogP contribution in [0.3, 0.4) is 0 Å². The zero-order valence-corrected chi connectivity index (χ0v) is 14.4. The number of methoxy groups -OCH3 is 1. The first-order valence-electron chi connectivity index (χ1n) is 7.67. The number of ether oxygens (including phenoxy) is 2. The highest BCUT2D eigenvalue weighted by Crippen LogP contribution is 2.22. The summed E-state index contributed by atoms with van der Waals surface area (Å²) >= 11 is 0. The van der Waals surface area contributed by atoms with Gasteiger partial charge < -0.3 is 9.47 Å². The number of para-hydroxylation sites is 1. The van der Waals surface area contributed by atoms with Gasteiger partial charge in [0.15, 0.2) is 6.61 Å². The summed E-state index contributed by atoms with van der Waals surface area (Å²) in [6.45, 7) is 5.82. The molecule has 0 unspecified atom stereocenters. The zero-order valence-electron chi connectivity index (χ0n) is 14.4. The van der Waals surface area contributed by atoms with Crippen molar-refractivity contribution in [2.75, 3.05) is 13.7 Å². The largest absolute Gasteiger partial charge is 0.496 e. The molecule has 0 saturated carbocycles. The molecule has 2 rings (SSSR count). The number of carbonyl (C=O) groups excluding carboxylic acids is 1. The van der Waals surface area contributed by atoms with E-state index in [1.807, 2.05) is 57.2 Å². The molecule has 0 aromatic heterocycles. The van der Waals surface area contributed by atoms with Gasteiger partial charge in [-0.05, 0) is 61.2 Å². The molecule has 0 fully saturated rings. The van der Waals surface area contributed by atoms with Crippen molar-refractivity contribution in [2.24, 2.45) is 5.10 Å². The van der Waals surface area contributed by atoms with Gasteiger partial charge in [-0.3, -0.25) is 4.79 Å². The summed E-state index contributed by atoms with van der Waals surface area (Å²) in [4.78, 5) is 11.8. The van der Waals surface area contributed by atoms with Crippen LogP contribution >= 0.6 is 0 Å². The van der Waals surface area contributed by atoms with Crippen molar-refractivity contribution in [1.29, 1.82) is 0 Å². The third kappa shape index (κ3) is 4.35. The topological polar surface area (TPSA) is 59.9 Å². The van der Waals surface area contributed by atoms with Crippen molar-refractivity contribution < 1.29 is 14.3 Å². The molecule has 2 aromatic carbocycles. The van der Waals surface area contributed by atoms with Gasteiger partial charge in [-0.15, -0.1) is 0 Å². The van der Waals surface area contributed by atoms with E-state index in [-0.39, 0.29) is 12.5 Å². The van der Waals surface area contributed by atoms with E-state index in [9.17, 15) is 4.79 Å². The molecule has 1 N–H and O–H groups in total. The molecule has 0 spiro atoms. The second kappa shape index (κ2) is 8.15. The highest BCUT2D eigenvalue weighted by molar-refractivity contribution is 5.85. The van der Waals surface area contributed by atoms with E-state index >= 15 is 0 Å². The van der Waals surface area contributed by atoms with Crippen LogP contribution in [0.2, 0.25) is 0 Å². The van der Waals surface area contributed by atoms with E-state index in [4.69, 9.17) is 9.47 Å². The van der Waals surface area contributed by atoms with Gasteiger partial charge in [-0.25, -0.2) is 5.43 Å². The van der Waals surface area contributed by atoms with E-state index in [0.717, 1.165) is 28.0 Å². The molecule has 0 aliphatic heterocycles. The summed E-state index contributed by atoms with van der Waals surface area (Å²) in [5.74, 6) is 1.22. The smallest absolute Gasteiger partial charge is 0.277 e. The third-order valence-corrected chi connectivity index (χ3v) is 3.84. The van der Waals surface area contributed by atoms with Gasteiger partial charge in [0, 0.05) is 0 Å². The highest BCUT2D eigenvalue weighted by Gasteiger charge is 2.06. The molecular weight excluding hydrogens is 304 g/mol. The lowest BCUT2D eigenvalue weighted by Gasteiger charge is -2.10. The SMILES string of the molecule is COc1ccc(/C=N/NC(=O)COc2ccccc2C)c(C)c1C. The number of nitrogens with one attached hydrogen (secondary N) is 1. The molecule has 1 amide bonds. The summed E-state index contributed by atoms with van der Waals surface area (Å²) in [7, 11) is 1.64. The fourth-order valence-electron chi connectivity index (χ4n) is 2.25. The standard InChI is InChI=1S/C19H22N2O3/c1-13-7-5-6-8-17(13)24-12-19(22)21-20-11-16-9-10-18(23-4)15(3)14(16)2/h5-11H,12H2,1-4H3,(H,21,22)/b20-11+. The molecule has 5 nitrogen and oxygen atoms in total. The number of hydrogen-bond acceptors (Lipinski definition) is 4. The lowest BCUT2D eigenvalue weighted by atomic mass is 10.0. The molecule has 2 aromatic rings. The highest BCUT2D eigenvalue weighted by atomic mass is 16.5. The molecule has 0 heterocycles. The molecular formula is C19H22N2O3. The Morgan fingerprint density at radius 2 is 1.83 bits per heavy atom. The molecule has 0 aliphatic rings. The molecule has 0 radical (unpaired) electrons. The lowest BCUT2D eigenvalue weighted by Crippen LogP contribution is -2.24. The predicted molar refractivity (Wildman–Crippen MR) is 94.9 cm³/mol. The number of hydrazone groups is 1. The minimum absolute atomic E-state index is 0.0805. The summed E-state index contributed by atoms with van der Waals surface area (Å²) < 4.78 is 10.7. The Morgan fingerprint density at radius 3 is 2.54 bits per heavy atom. The summed E-state index contributed by atoms with van der Waals surface area (Å²) in [6, 6.07) is 11.3. The first-order valence-corrected chi connectivity index (χ1v) is 7.67. The molecule has 5 heteroatoms. The number of amides is 1. The maximum atomic E-state index is 11.8. The summed E-state index contributed by atoms with van der Waals surface area (Å²) in [5.41, 5.74) is 6.49. The fraction of sp³-hybridized carbons (Fsp3) is 0.263. The molecule has 0 bridgehead atoms. The number of hydrogen-bond donors (Lipinski definition) is 1. The minimum atomic E-state index is -0.308. The van der Waals surface area contributed by atoms with E-state index in [1.54, 1.807) is 13.3 Å². The van der Waals surface area contributed by atoms with Crippen LogP contribution in [-0.2, 0) is 4.79 Å². The van der Waals surface area contributed by atoms with Crippen LogP contribution in [0.4, 0.5) is 0 Å². The monoisotopic (exact) mass is 326 g/mol. The van der Waals surface area contributed by atoms with Crippen molar-refractivity contribution >= 4 is 12.1 Å². The quantitative estimate of drug-likeness (QED) is 0.655. The van der Waals surface area contributed by atoms with Crippen LogP contribution in [0.1, 0.15) is 22.3 Å². The van der Waals surface area contributed by atoms with Gasteiger partial charge in [0.25, 0.3) is 5.91 Å². The van der Waals surface area contributed by atoms with Gasteiger partial charge in [0.1, 0.15) is 11.5 Å². The Balaban J connectivity index is 1.91. The van der Waals surface area contributed by atoms with Crippen molar-refractivity contribution in [3.63, 3.8) is 0 Å². The number of carbonyl (C=O) groups is 1. The third-order valence-electron chi connectivity index (χ3n) is 3.84. The summed E-state index contributed by atoms with van der Waals surface area (Å²) in [5, 5.41) is 3.99. The summed E-state index contributed by atoms with van der Waals surface area (Å²) in [6.07, 6.45) is 1.62. The minimum Gasteiger partial charge on any atom is -0.496 e. The second-order valence-electron chi connectivity index (χ2n) is 5.45. The Kier molecular flexibility index (Phi) is 5.95. The van der Waals surface area contributed by atoms with Crippen molar-refractivity contribution in [2.45, 2.75) is 20.8 Å². The first kappa shape index (κ1) is 17.5. The van der Waals surface area contributed by atoms with Crippen LogP contribution in [0, 0.1) is 20.8 Å². The molecule has 0 atom stereocenters.